The molecule has 1 fully saturated rings. The Balaban J connectivity index is 1.85. The third-order valence-corrected chi connectivity index (χ3v) is 5.69. The molecule has 23 heavy (non-hydrogen) atoms. The molecule has 124 valence electrons. The lowest BCUT2D eigenvalue weighted by Crippen LogP contribution is -2.29. The van der Waals surface area contributed by atoms with E-state index in [9.17, 15) is 13.2 Å². The lowest BCUT2D eigenvalue weighted by Gasteiger charge is -2.16. The molecular formula is C15H18N2O5S. The molecule has 1 aromatic carbocycles. The van der Waals surface area contributed by atoms with E-state index in [4.69, 9.17) is 9.84 Å². The second-order valence-corrected chi connectivity index (χ2v) is 8.27. The quantitative estimate of drug-likeness (QED) is 0.792. The number of fused-ring (bicyclic) bond motifs is 1. The van der Waals surface area contributed by atoms with Gasteiger partial charge in [0.25, 0.3) is 0 Å². The number of aromatic carboxylic acids is 1. The highest BCUT2D eigenvalue weighted by atomic mass is 32.2. The van der Waals surface area contributed by atoms with Crippen LogP contribution in [-0.4, -0.2) is 41.9 Å². The molecule has 0 amide bonds. The first-order chi connectivity index (χ1) is 10.7. The van der Waals surface area contributed by atoms with Gasteiger partial charge in [-0.15, -0.1) is 0 Å². The van der Waals surface area contributed by atoms with Gasteiger partial charge in [-0.3, -0.25) is 4.72 Å². The zero-order valence-electron chi connectivity index (χ0n) is 12.8. The van der Waals surface area contributed by atoms with E-state index in [0.717, 1.165) is 0 Å². The Labute approximate surface area is 133 Å². The molecule has 2 aromatic rings. The molecule has 0 aliphatic carbocycles. The van der Waals surface area contributed by atoms with Crippen LogP contribution < -0.4 is 4.72 Å². The van der Waals surface area contributed by atoms with Crippen molar-refractivity contribution in [3.05, 3.63) is 30.0 Å². The molecule has 8 heteroatoms. The molecule has 2 heterocycles. The fourth-order valence-corrected chi connectivity index (χ4v) is 4.29. The lowest BCUT2D eigenvalue weighted by molar-refractivity contribution is 0.0368. The Morgan fingerprint density at radius 2 is 2.17 bits per heavy atom. The molecule has 0 bridgehead atoms. The van der Waals surface area contributed by atoms with E-state index in [1.807, 2.05) is 13.8 Å². The molecule has 3 N–H and O–H groups in total. The van der Waals surface area contributed by atoms with E-state index in [2.05, 4.69) is 9.71 Å². The van der Waals surface area contributed by atoms with Gasteiger partial charge in [0, 0.05) is 17.1 Å². The van der Waals surface area contributed by atoms with Gasteiger partial charge in [0.1, 0.15) is 5.25 Å². The van der Waals surface area contributed by atoms with Crippen LogP contribution in [0.25, 0.3) is 10.9 Å². The van der Waals surface area contributed by atoms with Crippen LogP contribution in [0.15, 0.2) is 24.4 Å². The predicted octanol–water partition coefficient (Wildman–Crippen LogP) is 2.18. The highest BCUT2D eigenvalue weighted by Crippen LogP contribution is 2.30. The summed E-state index contributed by atoms with van der Waals surface area (Å²) in [5.74, 6) is -1.03. The smallest absolute Gasteiger partial charge is 0.337 e. The summed E-state index contributed by atoms with van der Waals surface area (Å²) < 4.78 is 32.9. The minimum atomic E-state index is -3.57. The van der Waals surface area contributed by atoms with Gasteiger partial charge in [-0.25, -0.2) is 13.2 Å². The van der Waals surface area contributed by atoms with Gasteiger partial charge >= 0.3 is 5.97 Å². The fraction of sp³-hybridized carbons (Fsp3) is 0.400. The van der Waals surface area contributed by atoms with E-state index >= 15 is 0 Å². The number of carboxylic acid groups (broad SMARTS) is 1. The predicted molar refractivity (Wildman–Crippen MR) is 86.2 cm³/mol. The molecular weight excluding hydrogens is 320 g/mol. The fourth-order valence-electron chi connectivity index (χ4n) is 2.80. The first kappa shape index (κ1) is 15.8. The van der Waals surface area contributed by atoms with Crippen molar-refractivity contribution < 1.29 is 23.1 Å². The number of sulfonamides is 1. The molecule has 1 aromatic heterocycles. The van der Waals surface area contributed by atoms with Crippen molar-refractivity contribution in [1.82, 2.24) is 4.98 Å². The summed E-state index contributed by atoms with van der Waals surface area (Å²) in [6, 6.07) is 4.73. The van der Waals surface area contributed by atoms with Gasteiger partial charge in [0.15, 0.2) is 0 Å². The van der Waals surface area contributed by atoms with E-state index in [1.165, 1.54) is 6.20 Å². The van der Waals surface area contributed by atoms with Crippen LogP contribution in [0.1, 0.15) is 30.6 Å². The Hall–Kier alpha value is -2.06. The van der Waals surface area contributed by atoms with E-state index < -0.39 is 26.8 Å². The lowest BCUT2D eigenvalue weighted by atomic mass is 10.1. The number of rotatable bonds is 4. The number of nitrogens with one attached hydrogen (secondary N) is 2. The Kier molecular flexibility index (Phi) is 3.61. The first-order valence-electron chi connectivity index (χ1n) is 7.18. The number of hydrogen-bond donors (Lipinski definition) is 3. The Bertz CT molecular complexity index is 869. The van der Waals surface area contributed by atoms with E-state index in [0.29, 0.717) is 23.0 Å². The van der Waals surface area contributed by atoms with E-state index in [-0.39, 0.29) is 12.2 Å². The average Bonchev–Trinajstić information content (AvgIpc) is 3.01. The van der Waals surface area contributed by atoms with Crippen LogP contribution in [0.4, 0.5) is 5.69 Å². The molecule has 3 rings (SSSR count). The van der Waals surface area contributed by atoms with Gasteiger partial charge < -0.3 is 14.8 Å². The summed E-state index contributed by atoms with van der Waals surface area (Å²) in [4.78, 5) is 13.9. The van der Waals surface area contributed by atoms with Crippen molar-refractivity contribution in [3.8, 4) is 0 Å². The maximum atomic E-state index is 12.4. The van der Waals surface area contributed by atoms with Crippen molar-refractivity contribution in [3.63, 3.8) is 0 Å². The molecule has 1 unspecified atom stereocenters. The normalized spacial score (nSPS) is 20.7. The summed E-state index contributed by atoms with van der Waals surface area (Å²) >= 11 is 0. The zero-order valence-corrected chi connectivity index (χ0v) is 13.6. The first-order valence-corrected chi connectivity index (χ1v) is 8.73. The van der Waals surface area contributed by atoms with Crippen LogP contribution in [-0.2, 0) is 14.8 Å². The number of ether oxygens (including phenoxy) is 1. The Morgan fingerprint density at radius 3 is 2.78 bits per heavy atom. The largest absolute Gasteiger partial charge is 0.478 e. The van der Waals surface area contributed by atoms with Crippen LogP contribution in [0.2, 0.25) is 0 Å². The third-order valence-electron chi connectivity index (χ3n) is 3.99. The van der Waals surface area contributed by atoms with Crippen molar-refractivity contribution >= 4 is 32.6 Å². The number of carbonyl (C=O) groups is 1. The summed E-state index contributed by atoms with van der Waals surface area (Å²) in [5, 5.41) is 9.00. The number of aromatic amines is 1. The molecule has 7 nitrogen and oxygen atoms in total. The summed E-state index contributed by atoms with van der Waals surface area (Å²) in [6.07, 6.45) is 1.81. The van der Waals surface area contributed by atoms with Crippen LogP contribution >= 0.6 is 0 Å². The molecule has 1 aliphatic rings. The van der Waals surface area contributed by atoms with Gasteiger partial charge in [-0.1, -0.05) is 0 Å². The molecule has 1 aliphatic heterocycles. The Morgan fingerprint density at radius 1 is 1.43 bits per heavy atom. The topological polar surface area (TPSA) is 108 Å². The molecule has 0 spiro atoms. The SMILES string of the molecule is CC1(C)CC(S(=O)(=O)Nc2ccc3c(C(=O)O)c[nH]c3c2)CO1. The average molecular weight is 338 g/mol. The standard InChI is InChI=1S/C15H18N2O5S/c1-15(2)6-10(8-22-15)23(20,21)17-9-3-4-11-12(14(18)19)7-16-13(11)5-9/h3-5,7,10,16-17H,6,8H2,1-2H3,(H,18,19). The number of anilines is 1. The molecule has 1 saturated heterocycles. The summed E-state index contributed by atoms with van der Waals surface area (Å²) in [7, 11) is -3.57. The van der Waals surface area contributed by atoms with Crippen molar-refractivity contribution in [2.45, 2.75) is 31.1 Å². The number of aromatic nitrogens is 1. The van der Waals surface area contributed by atoms with Crippen molar-refractivity contribution in [1.29, 1.82) is 0 Å². The summed E-state index contributed by atoms with van der Waals surface area (Å²) in [5.41, 5.74) is 0.658. The highest BCUT2D eigenvalue weighted by molar-refractivity contribution is 7.93. The maximum Gasteiger partial charge on any atom is 0.337 e. The second kappa shape index (κ2) is 5.24. The van der Waals surface area contributed by atoms with Crippen LogP contribution in [0.3, 0.4) is 0 Å². The third kappa shape index (κ3) is 3.04. The maximum absolute atomic E-state index is 12.4. The van der Waals surface area contributed by atoms with Crippen LogP contribution in [0.5, 0.6) is 0 Å². The van der Waals surface area contributed by atoms with Gasteiger partial charge in [-0.2, -0.15) is 0 Å². The molecule has 0 saturated carbocycles. The molecule has 0 radical (unpaired) electrons. The monoisotopic (exact) mass is 338 g/mol. The molecule has 1 atom stereocenters. The van der Waals surface area contributed by atoms with Gasteiger partial charge in [0.2, 0.25) is 10.0 Å². The van der Waals surface area contributed by atoms with Gasteiger partial charge in [-0.05, 0) is 38.5 Å². The summed E-state index contributed by atoms with van der Waals surface area (Å²) in [6.45, 7) is 3.89. The van der Waals surface area contributed by atoms with E-state index in [1.54, 1.807) is 18.2 Å². The number of carboxylic acids is 1. The number of hydrogen-bond acceptors (Lipinski definition) is 4. The number of benzene rings is 1. The van der Waals surface area contributed by atoms with Crippen molar-refractivity contribution in [2.24, 2.45) is 0 Å². The highest BCUT2D eigenvalue weighted by Gasteiger charge is 2.39. The number of H-pyrrole nitrogens is 1. The van der Waals surface area contributed by atoms with Crippen LogP contribution in [0, 0.1) is 0 Å². The second-order valence-electron chi connectivity index (χ2n) is 6.31. The minimum absolute atomic E-state index is 0.153. The van der Waals surface area contributed by atoms with Gasteiger partial charge in [0.05, 0.1) is 23.5 Å². The zero-order chi connectivity index (χ0) is 16.8. The van der Waals surface area contributed by atoms with Crippen molar-refractivity contribution in [2.75, 3.05) is 11.3 Å². The minimum Gasteiger partial charge on any atom is -0.478 e.